The summed E-state index contributed by atoms with van der Waals surface area (Å²) in [6, 6.07) is 11.4. The van der Waals surface area contributed by atoms with Crippen LogP contribution in [-0.4, -0.2) is 24.7 Å². The number of benzene rings is 2. The van der Waals surface area contributed by atoms with Crippen molar-refractivity contribution in [3.63, 3.8) is 0 Å². The zero-order chi connectivity index (χ0) is 19.7. The smallest absolute Gasteiger partial charge is 0.269 e. The summed E-state index contributed by atoms with van der Waals surface area (Å²) in [5.74, 6) is -0.802. The van der Waals surface area contributed by atoms with Crippen molar-refractivity contribution in [1.82, 2.24) is 0 Å². The monoisotopic (exact) mass is 360 g/mol. The molecule has 3 rings (SSSR count). The van der Waals surface area contributed by atoms with Crippen LogP contribution in [0.1, 0.15) is 35.3 Å². The Labute approximate surface area is 156 Å². The zero-order valence-electron chi connectivity index (χ0n) is 15.1. The van der Waals surface area contributed by atoms with Crippen LogP contribution >= 0.6 is 0 Å². The summed E-state index contributed by atoms with van der Waals surface area (Å²) in [4.78, 5) is 41.3. The molecule has 6 nitrogen and oxygen atoms in total. The van der Waals surface area contributed by atoms with Gasteiger partial charge in [0.2, 0.25) is 5.91 Å². The van der Waals surface area contributed by atoms with E-state index in [-0.39, 0.29) is 17.1 Å². The lowest BCUT2D eigenvalue weighted by molar-refractivity contribution is -0.122. The summed E-state index contributed by atoms with van der Waals surface area (Å²) in [5, 5.41) is 0. The van der Waals surface area contributed by atoms with Crippen LogP contribution in [0.25, 0.3) is 16.2 Å². The molecule has 2 aromatic carbocycles. The number of rotatable bonds is 3. The molecule has 0 unspecified atom stereocenters. The third-order valence-corrected chi connectivity index (χ3v) is 4.33. The highest BCUT2D eigenvalue weighted by Gasteiger charge is 2.38. The maximum atomic E-state index is 13.0. The molecule has 1 aliphatic rings. The van der Waals surface area contributed by atoms with Crippen molar-refractivity contribution >= 4 is 40.3 Å². The van der Waals surface area contributed by atoms with E-state index in [0.717, 1.165) is 4.90 Å². The molecule has 6 heteroatoms. The van der Waals surface area contributed by atoms with Gasteiger partial charge in [-0.2, -0.15) is 0 Å². The van der Waals surface area contributed by atoms with Gasteiger partial charge in [0.25, 0.3) is 5.91 Å². The van der Waals surface area contributed by atoms with Crippen LogP contribution in [0.5, 0.6) is 0 Å². The highest BCUT2D eigenvalue weighted by Crippen LogP contribution is 2.42. The Morgan fingerprint density at radius 3 is 2.19 bits per heavy atom. The Hall–Kier alpha value is -3.72. The standard InChI is InChI=1S/C21H16N2O4/c1-12(24)15-7-10-18-17(11-15)19(21(26)23(18)13(2)25)20(27-4)14-5-8-16(22-3)9-6-14/h5-11H,1-2,4H3. The molecule has 0 aromatic heterocycles. The van der Waals surface area contributed by atoms with E-state index in [0.29, 0.717) is 28.1 Å². The number of amides is 2. The fourth-order valence-electron chi connectivity index (χ4n) is 3.07. The van der Waals surface area contributed by atoms with Gasteiger partial charge in [0.1, 0.15) is 5.76 Å². The Kier molecular flexibility index (Phi) is 4.61. The number of imide groups is 1. The van der Waals surface area contributed by atoms with E-state index in [1.165, 1.54) is 21.0 Å². The Morgan fingerprint density at radius 2 is 1.67 bits per heavy atom. The van der Waals surface area contributed by atoms with E-state index in [2.05, 4.69) is 4.85 Å². The quantitative estimate of drug-likeness (QED) is 0.361. The van der Waals surface area contributed by atoms with Gasteiger partial charge in [-0.1, -0.05) is 24.3 Å². The van der Waals surface area contributed by atoms with Gasteiger partial charge in [-0.05, 0) is 25.1 Å². The maximum absolute atomic E-state index is 13.0. The largest absolute Gasteiger partial charge is 0.495 e. The Bertz CT molecular complexity index is 1040. The van der Waals surface area contributed by atoms with Crippen LogP contribution in [0.3, 0.4) is 0 Å². The van der Waals surface area contributed by atoms with Crippen molar-refractivity contribution in [3.05, 3.63) is 70.6 Å². The number of carbonyl (C=O) groups excluding carboxylic acids is 3. The van der Waals surface area contributed by atoms with Gasteiger partial charge in [-0.3, -0.25) is 14.4 Å². The van der Waals surface area contributed by atoms with Gasteiger partial charge in [0, 0.05) is 23.6 Å². The molecule has 0 aliphatic carbocycles. The molecule has 0 saturated heterocycles. The third-order valence-electron chi connectivity index (χ3n) is 4.33. The number of anilines is 1. The summed E-state index contributed by atoms with van der Waals surface area (Å²) >= 11 is 0. The summed E-state index contributed by atoms with van der Waals surface area (Å²) < 4.78 is 5.51. The first-order chi connectivity index (χ1) is 12.9. The number of nitrogens with zero attached hydrogens (tertiary/aromatic N) is 2. The topological polar surface area (TPSA) is 68.0 Å². The highest BCUT2D eigenvalue weighted by atomic mass is 16.5. The van der Waals surface area contributed by atoms with Gasteiger partial charge in [0.15, 0.2) is 11.5 Å². The van der Waals surface area contributed by atoms with Crippen molar-refractivity contribution in [2.75, 3.05) is 12.0 Å². The molecule has 0 N–H and O–H groups in total. The molecule has 0 atom stereocenters. The van der Waals surface area contributed by atoms with Crippen LogP contribution in [0, 0.1) is 6.57 Å². The number of hydrogen-bond donors (Lipinski definition) is 0. The van der Waals surface area contributed by atoms with E-state index in [4.69, 9.17) is 11.3 Å². The second kappa shape index (κ2) is 6.89. The Balaban J connectivity index is 2.30. The summed E-state index contributed by atoms with van der Waals surface area (Å²) in [6.45, 7) is 9.79. The van der Waals surface area contributed by atoms with Crippen molar-refractivity contribution in [2.24, 2.45) is 0 Å². The molecule has 0 fully saturated rings. The highest BCUT2D eigenvalue weighted by molar-refractivity contribution is 6.43. The average molecular weight is 360 g/mol. The van der Waals surface area contributed by atoms with E-state index < -0.39 is 11.8 Å². The van der Waals surface area contributed by atoms with E-state index in [9.17, 15) is 14.4 Å². The summed E-state index contributed by atoms with van der Waals surface area (Å²) in [5.41, 5.74) is 2.58. The molecule has 27 heavy (non-hydrogen) atoms. The number of ketones is 1. The SMILES string of the molecule is [C-]#[N+]c1ccc(C(OC)=C2C(=O)N(C(C)=O)c3ccc(C(C)=O)cc32)cc1. The predicted molar refractivity (Wildman–Crippen MR) is 101 cm³/mol. The minimum absolute atomic E-state index is 0.147. The van der Waals surface area contributed by atoms with Gasteiger partial charge in [-0.25, -0.2) is 9.74 Å². The minimum Gasteiger partial charge on any atom is -0.495 e. The molecule has 0 saturated carbocycles. The van der Waals surface area contributed by atoms with Crippen molar-refractivity contribution in [3.8, 4) is 0 Å². The first kappa shape index (κ1) is 18.1. The molecule has 0 bridgehead atoms. The fourth-order valence-corrected chi connectivity index (χ4v) is 3.07. The molecule has 1 heterocycles. The number of hydrogen-bond acceptors (Lipinski definition) is 4. The molecule has 134 valence electrons. The van der Waals surface area contributed by atoms with Crippen molar-refractivity contribution in [1.29, 1.82) is 0 Å². The normalized spacial score (nSPS) is 14.4. The minimum atomic E-state index is -0.510. The van der Waals surface area contributed by atoms with Crippen molar-refractivity contribution in [2.45, 2.75) is 13.8 Å². The molecular weight excluding hydrogens is 344 g/mol. The lowest BCUT2D eigenvalue weighted by Gasteiger charge is -2.12. The lowest BCUT2D eigenvalue weighted by Crippen LogP contribution is -2.31. The summed E-state index contributed by atoms with van der Waals surface area (Å²) in [7, 11) is 1.43. The molecule has 2 amide bonds. The Morgan fingerprint density at radius 1 is 1.04 bits per heavy atom. The van der Waals surface area contributed by atoms with Crippen LogP contribution in [0.4, 0.5) is 11.4 Å². The molecule has 2 aromatic rings. The number of Topliss-reactive ketones (excluding diaryl/α,β-unsaturated/α-hetero) is 1. The van der Waals surface area contributed by atoms with E-state index >= 15 is 0 Å². The maximum Gasteiger partial charge on any atom is 0.269 e. The number of fused-ring (bicyclic) bond motifs is 1. The second-order valence-corrected chi connectivity index (χ2v) is 6.01. The zero-order valence-corrected chi connectivity index (χ0v) is 15.1. The lowest BCUT2D eigenvalue weighted by atomic mass is 9.99. The average Bonchev–Trinajstić information content (AvgIpc) is 2.94. The number of ether oxygens (including phenoxy) is 1. The van der Waals surface area contributed by atoms with Gasteiger partial charge >= 0.3 is 0 Å². The number of carbonyl (C=O) groups is 3. The van der Waals surface area contributed by atoms with Gasteiger partial charge < -0.3 is 4.74 Å². The fraction of sp³-hybridized carbons (Fsp3) is 0.143. The summed E-state index contributed by atoms with van der Waals surface area (Å²) in [6.07, 6.45) is 0. The third kappa shape index (κ3) is 3.00. The van der Waals surface area contributed by atoms with E-state index in [1.54, 1.807) is 42.5 Å². The van der Waals surface area contributed by atoms with Crippen LogP contribution < -0.4 is 4.90 Å². The van der Waals surface area contributed by atoms with Crippen LogP contribution in [-0.2, 0) is 14.3 Å². The first-order valence-electron chi connectivity index (χ1n) is 8.15. The number of methoxy groups -OCH3 is 1. The first-order valence-corrected chi connectivity index (χ1v) is 8.15. The van der Waals surface area contributed by atoms with Crippen LogP contribution in [0.15, 0.2) is 42.5 Å². The van der Waals surface area contributed by atoms with Crippen LogP contribution in [0.2, 0.25) is 0 Å². The second-order valence-electron chi connectivity index (χ2n) is 6.01. The van der Waals surface area contributed by atoms with E-state index in [1.807, 2.05) is 0 Å². The molecule has 0 radical (unpaired) electrons. The molecular formula is C21H16N2O4. The van der Waals surface area contributed by atoms with Crippen molar-refractivity contribution < 1.29 is 19.1 Å². The van der Waals surface area contributed by atoms with Gasteiger partial charge in [0.05, 0.1) is 24.9 Å². The predicted octanol–water partition coefficient (Wildman–Crippen LogP) is 3.85. The molecule has 1 aliphatic heterocycles. The van der Waals surface area contributed by atoms with Gasteiger partial charge in [-0.15, -0.1) is 0 Å². The molecule has 0 spiro atoms.